The van der Waals surface area contributed by atoms with Gasteiger partial charge in [-0.3, -0.25) is 19.3 Å². The molecule has 13 nitrogen and oxygen atoms in total. The minimum Gasteiger partial charge on any atom is -0.480 e. The Morgan fingerprint density at radius 3 is 2.79 bits per heavy atom. The highest BCUT2D eigenvalue weighted by Crippen LogP contribution is 2.41. The number of nitrogen functional groups attached to an aromatic ring is 1. The van der Waals surface area contributed by atoms with E-state index in [1.54, 1.807) is 11.4 Å². The number of β-lactam (4-membered cyclic amide) rings is 1. The molecule has 2 aliphatic rings. The number of carboxylic acids is 2. The molecule has 0 aliphatic carbocycles. The van der Waals surface area contributed by atoms with Crippen LogP contribution in [0.1, 0.15) is 5.56 Å². The molecule has 2 aromatic rings. The maximum Gasteiger partial charge on any atom is 0.352 e. The van der Waals surface area contributed by atoms with Crippen molar-refractivity contribution >= 4 is 63.6 Å². The van der Waals surface area contributed by atoms with E-state index in [9.17, 15) is 24.3 Å². The standard InChI is InChI=1S/C17H17N7O6S3/c18-13-7(1-2-31-13)3-9(25)19-11-14(28)24-12(16(29)30)8(5-32-15(11)24)6-33-17-20-21-22-23(17)4-10(26)27/h1-2,11,15H,3-6,18H2,(H,19,25)(H,26,27)(H,29,30)/t11?,15-/m1/s1. The Morgan fingerprint density at radius 1 is 1.33 bits per heavy atom. The van der Waals surface area contributed by atoms with E-state index in [0.717, 1.165) is 16.4 Å². The first kappa shape index (κ1) is 23.1. The number of nitrogens with one attached hydrogen (secondary N) is 1. The molecule has 2 aliphatic heterocycles. The third-order valence-corrected chi connectivity index (χ3v) is 8.03. The van der Waals surface area contributed by atoms with Crippen molar-refractivity contribution in [1.29, 1.82) is 0 Å². The summed E-state index contributed by atoms with van der Waals surface area (Å²) >= 11 is 3.73. The average Bonchev–Trinajstić information content (AvgIpc) is 3.37. The number of nitrogens with zero attached hydrogens (tertiary/aromatic N) is 5. The predicted octanol–water partition coefficient (Wildman–Crippen LogP) is -0.525. The second-order valence-corrected chi connectivity index (χ2v) is 10.00. The molecule has 1 saturated heterocycles. The van der Waals surface area contributed by atoms with Gasteiger partial charge in [0.05, 0.1) is 11.4 Å². The Labute approximate surface area is 198 Å². The molecular weight excluding hydrogens is 494 g/mol. The van der Waals surface area contributed by atoms with E-state index in [2.05, 4.69) is 20.8 Å². The van der Waals surface area contributed by atoms with Crippen molar-refractivity contribution in [2.75, 3.05) is 17.2 Å². The molecule has 0 spiro atoms. The highest BCUT2D eigenvalue weighted by molar-refractivity contribution is 8.01. The summed E-state index contributed by atoms with van der Waals surface area (Å²) in [6, 6.07) is 0.917. The summed E-state index contributed by atoms with van der Waals surface area (Å²) in [6.07, 6.45) is 0.0328. The van der Waals surface area contributed by atoms with E-state index in [0.29, 0.717) is 21.9 Å². The summed E-state index contributed by atoms with van der Waals surface area (Å²) < 4.78 is 1.09. The Balaban J connectivity index is 1.44. The zero-order chi connectivity index (χ0) is 23.7. The smallest absolute Gasteiger partial charge is 0.352 e. The fourth-order valence-corrected chi connectivity index (χ4v) is 6.40. The van der Waals surface area contributed by atoms with Gasteiger partial charge in [0.1, 0.15) is 23.7 Å². The number of hydrogen-bond donors (Lipinski definition) is 4. The van der Waals surface area contributed by atoms with Crippen LogP contribution in [0.5, 0.6) is 0 Å². The summed E-state index contributed by atoms with van der Waals surface area (Å²) in [6.45, 7) is -0.431. The van der Waals surface area contributed by atoms with Gasteiger partial charge in [-0.1, -0.05) is 11.8 Å². The molecule has 1 fully saturated rings. The third kappa shape index (κ3) is 4.67. The van der Waals surface area contributed by atoms with Crippen LogP contribution in [-0.4, -0.2) is 82.0 Å². The zero-order valence-electron chi connectivity index (χ0n) is 16.7. The first-order chi connectivity index (χ1) is 15.8. The number of amides is 2. The van der Waals surface area contributed by atoms with Crippen LogP contribution in [0.3, 0.4) is 0 Å². The van der Waals surface area contributed by atoms with Crippen LogP contribution in [0.4, 0.5) is 5.00 Å². The lowest BCUT2D eigenvalue weighted by atomic mass is 10.0. The number of tetrazole rings is 1. The number of carbonyl (C=O) groups excluding carboxylic acids is 2. The van der Waals surface area contributed by atoms with Crippen molar-refractivity contribution in [3.8, 4) is 0 Å². The van der Waals surface area contributed by atoms with E-state index >= 15 is 0 Å². The largest absolute Gasteiger partial charge is 0.480 e. The molecule has 0 aromatic carbocycles. The number of thioether (sulfide) groups is 2. The molecule has 174 valence electrons. The minimum absolute atomic E-state index is 0.0328. The Kier molecular flexibility index (Phi) is 6.57. The summed E-state index contributed by atoms with van der Waals surface area (Å²) in [5.74, 6) is -2.79. The minimum atomic E-state index is -1.26. The molecule has 33 heavy (non-hydrogen) atoms. The van der Waals surface area contributed by atoms with Crippen LogP contribution in [0, 0.1) is 0 Å². The fraction of sp³-hybridized carbons (Fsp3) is 0.353. The molecule has 4 heterocycles. The first-order valence-corrected chi connectivity index (χ1v) is 12.3. The number of carbonyl (C=O) groups is 4. The number of hydrogen-bond acceptors (Lipinski definition) is 11. The highest BCUT2D eigenvalue weighted by Gasteiger charge is 2.54. The number of nitrogens with two attached hydrogens (primary N) is 1. The van der Waals surface area contributed by atoms with Gasteiger partial charge in [-0.05, 0) is 33.0 Å². The fourth-order valence-electron chi connectivity index (χ4n) is 3.36. The number of aromatic nitrogens is 4. The Hall–Kier alpha value is -3.11. The van der Waals surface area contributed by atoms with Crippen molar-refractivity contribution in [3.63, 3.8) is 0 Å². The van der Waals surface area contributed by atoms with E-state index in [1.807, 2.05) is 0 Å². The Bertz CT molecular complexity index is 1160. The number of fused-ring (bicyclic) bond motifs is 1. The second-order valence-electron chi connectivity index (χ2n) is 7.00. The van der Waals surface area contributed by atoms with Gasteiger partial charge in [0.15, 0.2) is 0 Å². The lowest BCUT2D eigenvalue weighted by molar-refractivity contribution is -0.150. The van der Waals surface area contributed by atoms with Crippen molar-refractivity contribution in [1.82, 2.24) is 30.4 Å². The van der Waals surface area contributed by atoms with Crippen molar-refractivity contribution < 1.29 is 29.4 Å². The summed E-state index contributed by atoms with van der Waals surface area (Å²) in [7, 11) is 0. The normalized spacial score (nSPS) is 19.8. The van der Waals surface area contributed by atoms with Crippen LogP contribution >= 0.6 is 34.9 Å². The van der Waals surface area contributed by atoms with Crippen molar-refractivity contribution in [2.24, 2.45) is 0 Å². The molecule has 4 rings (SSSR count). The molecule has 1 unspecified atom stereocenters. The van der Waals surface area contributed by atoms with Gasteiger partial charge in [0.25, 0.3) is 5.91 Å². The van der Waals surface area contributed by atoms with Gasteiger partial charge >= 0.3 is 11.9 Å². The number of aliphatic carboxylic acids is 2. The van der Waals surface area contributed by atoms with Crippen molar-refractivity contribution in [3.05, 3.63) is 28.3 Å². The van der Waals surface area contributed by atoms with Crippen LogP contribution in [-0.2, 0) is 32.1 Å². The number of carboxylic acid groups (broad SMARTS) is 2. The van der Waals surface area contributed by atoms with Crippen LogP contribution in [0.15, 0.2) is 27.9 Å². The van der Waals surface area contributed by atoms with Crippen LogP contribution < -0.4 is 11.1 Å². The Morgan fingerprint density at radius 2 is 2.12 bits per heavy atom. The average molecular weight is 512 g/mol. The van der Waals surface area contributed by atoms with E-state index in [4.69, 9.17) is 10.8 Å². The lowest BCUT2D eigenvalue weighted by Crippen LogP contribution is -2.70. The summed E-state index contributed by atoms with van der Waals surface area (Å²) in [5.41, 5.74) is 6.82. The summed E-state index contributed by atoms with van der Waals surface area (Å²) in [5, 5.41) is 34.1. The third-order valence-electron chi connectivity index (χ3n) is 4.86. The maximum absolute atomic E-state index is 12.7. The summed E-state index contributed by atoms with van der Waals surface area (Å²) in [4.78, 5) is 49.2. The van der Waals surface area contributed by atoms with Crippen molar-refractivity contribution in [2.45, 2.75) is 29.5 Å². The van der Waals surface area contributed by atoms with Gasteiger partial charge in [-0.2, -0.15) is 0 Å². The number of anilines is 1. The predicted molar refractivity (Wildman–Crippen MR) is 118 cm³/mol. The van der Waals surface area contributed by atoms with Gasteiger partial charge in [-0.15, -0.1) is 28.2 Å². The molecule has 2 aromatic heterocycles. The molecular formula is C17H17N7O6S3. The molecule has 0 saturated carbocycles. The zero-order valence-corrected chi connectivity index (χ0v) is 19.2. The monoisotopic (exact) mass is 511 g/mol. The molecule has 0 radical (unpaired) electrons. The van der Waals surface area contributed by atoms with Gasteiger partial charge in [0.2, 0.25) is 11.1 Å². The topological polar surface area (TPSA) is 194 Å². The lowest BCUT2D eigenvalue weighted by Gasteiger charge is -2.49. The van der Waals surface area contributed by atoms with E-state index in [-0.39, 0.29) is 28.9 Å². The first-order valence-electron chi connectivity index (χ1n) is 9.38. The molecule has 2 amide bonds. The van der Waals surface area contributed by atoms with Gasteiger partial charge < -0.3 is 21.3 Å². The second kappa shape index (κ2) is 9.40. The molecule has 0 bridgehead atoms. The quantitative estimate of drug-likeness (QED) is 0.249. The van der Waals surface area contributed by atoms with Gasteiger partial charge in [0, 0.05) is 11.5 Å². The highest BCUT2D eigenvalue weighted by atomic mass is 32.2. The maximum atomic E-state index is 12.7. The molecule has 2 atom stereocenters. The van der Waals surface area contributed by atoms with E-state index in [1.165, 1.54) is 28.0 Å². The molecule has 16 heteroatoms. The van der Waals surface area contributed by atoms with Crippen LogP contribution in [0.2, 0.25) is 0 Å². The SMILES string of the molecule is Nc1sccc1CC(=O)NC1C(=O)N2C(C(=O)O)=C(CSc3nnnn3CC(=O)O)CS[C@H]12. The van der Waals surface area contributed by atoms with Crippen LogP contribution in [0.25, 0.3) is 0 Å². The number of rotatable bonds is 9. The number of thiophene rings is 1. The van der Waals surface area contributed by atoms with E-state index < -0.39 is 35.8 Å². The van der Waals surface area contributed by atoms with Gasteiger partial charge in [-0.25, -0.2) is 9.48 Å². The molecule has 5 N–H and O–H groups in total.